The van der Waals surface area contributed by atoms with Gasteiger partial charge in [-0.15, -0.1) is 0 Å². The second-order valence-corrected chi connectivity index (χ2v) is 8.32. The Kier molecular flexibility index (Phi) is 9.06. The number of hydrogen-bond acceptors (Lipinski definition) is 6. The monoisotopic (exact) mass is 470 g/mol. The molecule has 0 aliphatic rings. The summed E-state index contributed by atoms with van der Waals surface area (Å²) in [6, 6.07) is 12.7. The van der Waals surface area contributed by atoms with Gasteiger partial charge in [0.25, 0.3) is 5.91 Å². The molecule has 0 bridgehead atoms. The van der Waals surface area contributed by atoms with Crippen LogP contribution in [0.4, 0.5) is 0 Å². The van der Waals surface area contributed by atoms with Crippen LogP contribution in [0.5, 0.6) is 11.5 Å². The molecule has 3 rings (SSSR count). The zero-order valence-corrected chi connectivity index (χ0v) is 20.2. The van der Waals surface area contributed by atoms with Gasteiger partial charge in [0.15, 0.2) is 4.80 Å². The third-order valence-electron chi connectivity index (χ3n) is 4.85. The number of carbonyl (C=O) groups is 2. The number of carbonyl (C=O) groups excluding carboxylic acids is 2. The van der Waals surface area contributed by atoms with Crippen molar-refractivity contribution >= 4 is 33.4 Å². The van der Waals surface area contributed by atoms with Crippen molar-refractivity contribution in [2.24, 2.45) is 4.99 Å². The van der Waals surface area contributed by atoms with Crippen LogP contribution in [0.15, 0.2) is 47.5 Å². The molecule has 3 aromatic rings. The predicted molar refractivity (Wildman–Crippen MR) is 129 cm³/mol. The summed E-state index contributed by atoms with van der Waals surface area (Å²) in [4.78, 5) is 30.1. The summed E-state index contributed by atoms with van der Waals surface area (Å²) in [7, 11) is 0. The summed E-state index contributed by atoms with van der Waals surface area (Å²) in [6.45, 7) is 7.09. The van der Waals surface area contributed by atoms with E-state index in [1.54, 1.807) is 29.7 Å². The second kappa shape index (κ2) is 12.2. The van der Waals surface area contributed by atoms with Crippen molar-refractivity contribution < 1.29 is 23.8 Å². The van der Waals surface area contributed by atoms with Crippen LogP contribution < -0.4 is 14.3 Å². The Morgan fingerprint density at radius 1 is 1.00 bits per heavy atom. The minimum atomic E-state index is -0.406. The minimum absolute atomic E-state index is 0.0649. The maximum absolute atomic E-state index is 13.0. The van der Waals surface area contributed by atoms with Crippen molar-refractivity contribution in [3.05, 3.63) is 52.8 Å². The van der Waals surface area contributed by atoms with Gasteiger partial charge in [0, 0.05) is 5.56 Å². The highest BCUT2D eigenvalue weighted by Gasteiger charge is 2.16. The number of rotatable bonds is 11. The number of thiazole rings is 1. The topological polar surface area (TPSA) is 79.1 Å². The van der Waals surface area contributed by atoms with E-state index in [-0.39, 0.29) is 13.2 Å². The van der Waals surface area contributed by atoms with Crippen molar-refractivity contribution in [2.45, 2.75) is 46.6 Å². The van der Waals surface area contributed by atoms with Gasteiger partial charge < -0.3 is 18.8 Å². The molecule has 7 nitrogen and oxygen atoms in total. The van der Waals surface area contributed by atoms with E-state index >= 15 is 0 Å². The number of amides is 1. The molecule has 2 aromatic carbocycles. The molecule has 1 amide bonds. The molecule has 0 unspecified atom stereocenters. The Morgan fingerprint density at radius 3 is 2.58 bits per heavy atom. The van der Waals surface area contributed by atoms with E-state index in [0.717, 1.165) is 29.5 Å². The van der Waals surface area contributed by atoms with Crippen molar-refractivity contribution in [3.63, 3.8) is 0 Å². The van der Waals surface area contributed by atoms with Crippen LogP contribution in [-0.4, -0.2) is 36.3 Å². The highest BCUT2D eigenvalue weighted by molar-refractivity contribution is 7.16. The summed E-state index contributed by atoms with van der Waals surface area (Å²) in [5.74, 6) is 0.462. The van der Waals surface area contributed by atoms with Gasteiger partial charge in [-0.2, -0.15) is 4.99 Å². The number of aromatic nitrogens is 1. The van der Waals surface area contributed by atoms with Crippen LogP contribution in [0.1, 0.15) is 50.4 Å². The predicted octanol–water partition coefficient (Wildman–Crippen LogP) is 4.97. The lowest BCUT2D eigenvalue weighted by Gasteiger charge is -2.09. The van der Waals surface area contributed by atoms with Crippen molar-refractivity contribution in [3.8, 4) is 11.5 Å². The number of esters is 1. The molecule has 0 atom stereocenters. The highest BCUT2D eigenvalue weighted by atomic mass is 32.1. The zero-order chi connectivity index (χ0) is 23.6. The molecule has 0 aliphatic heterocycles. The van der Waals surface area contributed by atoms with Gasteiger partial charge in [-0.25, -0.2) is 0 Å². The quantitative estimate of drug-likeness (QED) is 0.292. The van der Waals surface area contributed by atoms with Crippen LogP contribution in [-0.2, 0) is 16.1 Å². The van der Waals surface area contributed by atoms with Crippen molar-refractivity contribution in [2.75, 3.05) is 19.8 Å². The summed E-state index contributed by atoms with van der Waals surface area (Å²) < 4.78 is 19.2. The Bertz CT molecular complexity index is 1170. The average molecular weight is 471 g/mol. The third-order valence-corrected chi connectivity index (χ3v) is 5.89. The van der Waals surface area contributed by atoms with Crippen LogP contribution >= 0.6 is 11.3 Å². The van der Waals surface area contributed by atoms with Crippen molar-refractivity contribution in [1.82, 2.24) is 4.57 Å². The first-order valence-corrected chi connectivity index (χ1v) is 12.1. The number of nitrogens with zero attached hydrogens (tertiary/aromatic N) is 2. The molecular weight excluding hydrogens is 440 g/mol. The first kappa shape index (κ1) is 24.5. The molecule has 0 saturated heterocycles. The number of fused-ring (bicyclic) bond motifs is 1. The SMILES string of the molecule is CCCCCOc1cccc(C(=O)N=c2sc3cccc(OCC)c3n2CC(=O)OCC)c1. The fraction of sp³-hybridized carbons (Fsp3) is 0.400. The summed E-state index contributed by atoms with van der Waals surface area (Å²) in [5, 5.41) is 0. The maximum atomic E-state index is 13.0. The van der Waals surface area contributed by atoms with Crippen LogP contribution in [0.2, 0.25) is 0 Å². The fourth-order valence-electron chi connectivity index (χ4n) is 3.35. The van der Waals surface area contributed by atoms with Gasteiger partial charge >= 0.3 is 5.97 Å². The lowest BCUT2D eigenvalue weighted by molar-refractivity contribution is -0.143. The molecule has 0 spiro atoms. The van der Waals surface area contributed by atoms with Crippen LogP contribution in [0.25, 0.3) is 10.2 Å². The van der Waals surface area contributed by atoms with Gasteiger partial charge in [0.1, 0.15) is 23.6 Å². The molecule has 0 aliphatic carbocycles. The number of ether oxygens (including phenoxy) is 3. The average Bonchev–Trinajstić information content (AvgIpc) is 3.15. The number of para-hydroxylation sites is 1. The molecule has 0 radical (unpaired) electrons. The highest BCUT2D eigenvalue weighted by Crippen LogP contribution is 2.28. The first-order chi connectivity index (χ1) is 16.1. The lowest BCUT2D eigenvalue weighted by atomic mass is 10.2. The van der Waals surface area contributed by atoms with Gasteiger partial charge in [0.05, 0.1) is 24.5 Å². The number of unbranched alkanes of at least 4 members (excludes halogenated alkanes) is 2. The standard InChI is InChI=1S/C25H30N2O5S/c1-4-7-8-15-32-19-12-9-11-18(16-19)24(29)26-25-27(17-22(28)31-6-3)23-20(30-5-2)13-10-14-21(23)33-25/h9-14,16H,4-8,15,17H2,1-3H3. The van der Waals surface area contributed by atoms with E-state index in [4.69, 9.17) is 14.2 Å². The normalized spacial score (nSPS) is 11.5. The van der Waals surface area contributed by atoms with Gasteiger partial charge in [-0.3, -0.25) is 9.59 Å². The minimum Gasteiger partial charge on any atom is -0.494 e. The number of hydrogen-bond donors (Lipinski definition) is 0. The fourth-order valence-corrected chi connectivity index (χ4v) is 4.40. The van der Waals surface area contributed by atoms with E-state index in [1.165, 1.54) is 11.3 Å². The van der Waals surface area contributed by atoms with E-state index < -0.39 is 11.9 Å². The summed E-state index contributed by atoms with van der Waals surface area (Å²) in [5.41, 5.74) is 1.14. The van der Waals surface area contributed by atoms with E-state index in [1.807, 2.05) is 31.2 Å². The van der Waals surface area contributed by atoms with Gasteiger partial charge in [0.2, 0.25) is 0 Å². The molecule has 0 saturated carbocycles. The summed E-state index contributed by atoms with van der Waals surface area (Å²) >= 11 is 1.33. The second-order valence-electron chi connectivity index (χ2n) is 7.31. The molecule has 1 heterocycles. The number of benzene rings is 2. The molecule has 0 N–H and O–H groups in total. The molecule has 1 aromatic heterocycles. The molecule has 33 heavy (non-hydrogen) atoms. The Morgan fingerprint density at radius 2 is 1.82 bits per heavy atom. The summed E-state index contributed by atoms with van der Waals surface area (Å²) in [6.07, 6.45) is 3.19. The maximum Gasteiger partial charge on any atom is 0.326 e. The van der Waals surface area contributed by atoms with E-state index in [0.29, 0.717) is 35.1 Å². The van der Waals surface area contributed by atoms with Crippen LogP contribution in [0, 0.1) is 0 Å². The largest absolute Gasteiger partial charge is 0.494 e. The van der Waals surface area contributed by atoms with Crippen molar-refractivity contribution in [1.29, 1.82) is 0 Å². The Labute approximate surface area is 197 Å². The van der Waals surface area contributed by atoms with E-state index in [2.05, 4.69) is 11.9 Å². The smallest absolute Gasteiger partial charge is 0.326 e. The molecule has 8 heteroatoms. The lowest BCUT2D eigenvalue weighted by Crippen LogP contribution is -2.23. The molecular formula is C25H30N2O5S. The molecule has 0 fully saturated rings. The van der Waals surface area contributed by atoms with Gasteiger partial charge in [-0.05, 0) is 50.6 Å². The third kappa shape index (κ3) is 6.44. The zero-order valence-electron chi connectivity index (χ0n) is 19.3. The Balaban J connectivity index is 1.98. The van der Waals surface area contributed by atoms with Gasteiger partial charge in [-0.1, -0.05) is 43.2 Å². The van der Waals surface area contributed by atoms with E-state index in [9.17, 15) is 9.59 Å². The molecule has 176 valence electrons. The van der Waals surface area contributed by atoms with Crippen LogP contribution in [0.3, 0.4) is 0 Å². The Hall–Kier alpha value is -3.13. The first-order valence-electron chi connectivity index (χ1n) is 11.3.